The molecule has 4 nitrogen and oxygen atoms in total. The molecule has 0 saturated heterocycles. The van der Waals surface area contributed by atoms with Gasteiger partial charge in [0.25, 0.3) is 0 Å². The maximum absolute atomic E-state index is 12.6. The number of hydrogen-bond donors (Lipinski definition) is 1. The van der Waals surface area contributed by atoms with Gasteiger partial charge in [0, 0.05) is 19.1 Å². The summed E-state index contributed by atoms with van der Waals surface area (Å²) in [6, 6.07) is 3.69. The Morgan fingerprint density at radius 3 is 2.43 bits per heavy atom. The molecule has 1 aromatic rings. The topological polar surface area (TPSA) is 49.4 Å². The number of fused-ring (bicyclic) bond motifs is 1. The van der Waals surface area contributed by atoms with Gasteiger partial charge in [-0.1, -0.05) is 6.07 Å². The zero-order valence-corrected chi connectivity index (χ0v) is 12.6. The van der Waals surface area contributed by atoms with E-state index in [9.17, 15) is 21.6 Å². The highest BCUT2D eigenvalue weighted by Gasteiger charge is 2.38. The number of benzene rings is 1. The van der Waals surface area contributed by atoms with Crippen LogP contribution in [0.3, 0.4) is 0 Å². The first kappa shape index (κ1) is 16.3. The Bertz CT molecular complexity index is 627. The number of hydrogen-bond acceptors (Lipinski definition) is 3. The summed E-state index contributed by atoms with van der Waals surface area (Å²) in [6.07, 6.45) is -4.57. The molecule has 0 aliphatic carbocycles. The maximum atomic E-state index is 12.6. The second-order valence-corrected chi connectivity index (χ2v) is 7.18. The third-order valence-corrected chi connectivity index (χ3v) is 5.34. The van der Waals surface area contributed by atoms with Crippen molar-refractivity contribution >= 4 is 10.0 Å². The largest absolute Gasteiger partial charge is 0.402 e. The summed E-state index contributed by atoms with van der Waals surface area (Å²) in [6.45, 7) is 2.55. The van der Waals surface area contributed by atoms with Gasteiger partial charge in [-0.2, -0.15) is 17.5 Å². The van der Waals surface area contributed by atoms with Gasteiger partial charge in [0.2, 0.25) is 10.0 Å². The van der Waals surface area contributed by atoms with Gasteiger partial charge in [-0.3, -0.25) is 0 Å². The minimum Gasteiger partial charge on any atom is -0.309 e. The Hall–Kier alpha value is -1.12. The van der Waals surface area contributed by atoms with Crippen LogP contribution in [0.4, 0.5) is 13.2 Å². The van der Waals surface area contributed by atoms with Crippen LogP contribution in [0, 0.1) is 0 Å². The summed E-state index contributed by atoms with van der Waals surface area (Å²) >= 11 is 0. The molecule has 1 N–H and O–H groups in total. The molecule has 0 spiro atoms. The second kappa shape index (κ2) is 5.58. The standard InChI is InChI=1S/C13H17F3N2O2S/c1-9(2)18(8-13(14,15)16)21(19,20)12-4-3-10-6-17-7-11(10)5-12/h3-5,9,17H,6-8H2,1-2H3. The van der Waals surface area contributed by atoms with Crippen molar-refractivity contribution in [2.45, 2.75) is 44.1 Å². The molecule has 118 valence electrons. The van der Waals surface area contributed by atoms with E-state index in [0.29, 0.717) is 17.4 Å². The monoisotopic (exact) mass is 322 g/mol. The van der Waals surface area contributed by atoms with E-state index < -0.39 is 28.8 Å². The molecule has 0 amide bonds. The Morgan fingerprint density at radius 2 is 1.86 bits per heavy atom. The van der Waals surface area contributed by atoms with Crippen molar-refractivity contribution in [1.82, 2.24) is 9.62 Å². The van der Waals surface area contributed by atoms with Gasteiger partial charge >= 0.3 is 6.18 Å². The summed E-state index contributed by atoms with van der Waals surface area (Å²) < 4.78 is 63.2. The molecule has 0 radical (unpaired) electrons. The Labute approximate surface area is 122 Å². The van der Waals surface area contributed by atoms with Crippen LogP contribution in [0.15, 0.2) is 23.1 Å². The smallest absolute Gasteiger partial charge is 0.309 e. The second-order valence-electron chi connectivity index (χ2n) is 5.29. The van der Waals surface area contributed by atoms with Gasteiger partial charge in [-0.25, -0.2) is 8.42 Å². The molecule has 1 aromatic carbocycles. The fourth-order valence-corrected chi connectivity index (χ4v) is 3.96. The highest BCUT2D eigenvalue weighted by atomic mass is 32.2. The van der Waals surface area contributed by atoms with Gasteiger partial charge in [0.15, 0.2) is 0 Å². The predicted molar refractivity (Wildman–Crippen MR) is 72.1 cm³/mol. The van der Waals surface area contributed by atoms with Crippen LogP contribution in [0.5, 0.6) is 0 Å². The minimum atomic E-state index is -4.57. The quantitative estimate of drug-likeness (QED) is 0.925. The maximum Gasteiger partial charge on any atom is 0.402 e. The van der Waals surface area contributed by atoms with E-state index in [2.05, 4.69) is 5.32 Å². The van der Waals surface area contributed by atoms with Crippen LogP contribution in [-0.4, -0.2) is 31.5 Å². The average Bonchev–Trinajstić information content (AvgIpc) is 2.81. The van der Waals surface area contributed by atoms with Gasteiger partial charge in [0.1, 0.15) is 6.54 Å². The average molecular weight is 322 g/mol. The summed E-state index contributed by atoms with van der Waals surface area (Å²) in [4.78, 5) is -0.0945. The molecule has 1 aliphatic rings. The van der Waals surface area contributed by atoms with Gasteiger partial charge in [0.05, 0.1) is 4.90 Å². The third-order valence-electron chi connectivity index (χ3n) is 3.33. The Kier molecular flexibility index (Phi) is 4.32. The van der Waals surface area contributed by atoms with E-state index in [1.165, 1.54) is 26.0 Å². The molecule has 2 rings (SSSR count). The first-order chi connectivity index (χ1) is 9.61. The van der Waals surface area contributed by atoms with E-state index in [0.717, 1.165) is 11.1 Å². The van der Waals surface area contributed by atoms with E-state index in [1.54, 1.807) is 6.07 Å². The van der Waals surface area contributed by atoms with Crippen LogP contribution >= 0.6 is 0 Å². The molecule has 0 saturated carbocycles. The van der Waals surface area contributed by atoms with E-state index in [4.69, 9.17) is 0 Å². The van der Waals surface area contributed by atoms with Crippen LogP contribution in [0.2, 0.25) is 0 Å². The van der Waals surface area contributed by atoms with Crippen molar-refractivity contribution in [3.8, 4) is 0 Å². The molecule has 0 fully saturated rings. The van der Waals surface area contributed by atoms with Crippen molar-refractivity contribution in [3.05, 3.63) is 29.3 Å². The predicted octanol–water partition coefficient (Wildman–Crippen LogP) is 2.25. The fourth-order valence-electron chi connectivity index (χ4n) is 2.29. The van der Waals surface area contributed by atoms with Gasteiger partial charge < -0.3 is 5.32 Å². The molecule has 21 heavy (non-hydrogen) atoms. The number of nitrogens with one attached hydrogen (secondary N) is 1. The summed E-state index contributed by atoms with van der Waals surface area (Å²) in [5.74, 6) is 0. The van der Waals surface area contributed by atoms with Crippen LogP contribution in [-0.2, 0) is 23.1 Å². The van der Waals surface area contributed by atoms with Gasteiger partial charge in [-0.05, 0) is 37.1 Å². The van der Waals surface area contributed by atoms with Gasteiger partial charge in [-0.15, -0.1) is 0 Å². The number of halogens is 3. The molecular formula is C13H17F3N2O2S. The Balaban J connectivity index is 2.39. The highest BCUT2D eigenvalue weighted by Crippen LogP contribution is 2.27. The normalized spacial score (nSPS) is 15.8. The number of sulfonamides is 1. The van der Waals surface area contributed by atoms with Crippen molar-refractivity contribution in [2.75, 3.05) is 6.54 Å². The first-order valence-electron chi connectivity index (χ1n) is 6.52. The molecule has 1 heterocycles. The summed E-state index contributed by atoms with van der Waals surface area (Å²) in [5, 5.41) is 3.07. The summed E-state index contributed by atoms with van der Waals surface area (Å²) in [5.41, 5.74) is 1.78. The van der Waals surface area contributed by atoms with Crippen molar-refractivity contribution < 1.29 is 21.6 Å². The zero-order chi connectivity index (χ0) is 15.8. The van der Waals surface area contributed by atoms with E-state index in [-0.39, 0.29) is 4.90 Å². The molecule has 0 aromatic heterocycles. The minimum absolute atomic E-state index is 0.0945. The van der Waals surface area contributed by atoms with E-state index >= 15 is 0 Å². The lowest BCUT2D eigenvalue weighted by molar-refractivity contribution is -0.138. The van der Waals surface area contributed by atoms with Crippen LogP contribution in [0.25, 0.3) is 0 Å². The fraction of sp³-hybridized carbons (Fsp3) is 0.538. The van der Waals surface area contributed by atoms with E-state index in [1.807, 2.05) is 0 Å². The number of nitrogens with zero attached hydrogens (tertiary/aromatic N) is 1. The lowest BCUT2D eigenvalue weighted by Crippen LogP contribution is -2.43. The molecule has 0 atom stereocenters. The zero-order valence-electron chi connectivity index (χ0n) is 11.7. The molecule has 8 heteroatoms. The molecule has 0 bridgehead atoms. The molecule has 0 unspecified atom stereocenters. The highest BCUT2D eigenvalue weighted by molar-refractivity contribution is 7.89. The third kappa shape index (κ3) is 3.56. The lowest BCUT2D eigenvalue weighted by atomic mass is 10.1. The van der Waals surface area contributed by atoms with Crippen LogP contribution in [0.1, 0.15) is 25.0 Å². The number of alkyl halides is 3. The first-order valence-corrected chi connectivity index (χ1v) is 7.96. The summed E-state index contributed by atoms with van der Waals surface area (Å²) in [7, 11) is -4.17. The van der Waals surface area contributed by atoms with Crippen LogP contribution < -0.4 is 5.32 Å². The van der Waals surface area contributed by atoms with Crippen molar-refractivity contribution in [2.24, 2.45) is 0 Å². The van der Waals surface area contributed by atoms with Crippen molar-refractivity contribution in [1.29, 1.82) is 0 Å². The Morgan fingerprint density at radius 1 is 1.24 bits per heavy atom. The SMILES string of the molecule is CC(C)N(CC(F)(F)F)S(=O)(=O)c1ccc2c(c1)CNC2. The molecular weight excluding hydrogens is 305 g/mol. The van der Waals surface area contributed by atoms with Crippen molar-refractivity contribution in [3.63, 3.8) is 0 Å². The number of rotatable bonds is 4. The lowest BCUT2D eigenvalue weighted by Gasteiger charge is -2.27. The molecule has 1 aliphatic heterocycles.